The van der Waals surface area contributed by atoms with Crippen LogP contribution in [0.25, 0.3) is 10.9 Å². The van der Waals surface area contributed by atoms with Crippen molar-refractivity contribution in [3.8, 4) is 0 Å². The van der Waals surface area contributed by atoms with Gasteiger partial charge in [-0.05, 0) is 24.3 Å². The second-order valence-corrected chi connectivity index (χ2v) is 4.45. The maximum absolute atomic E-state index is 13.2. The van der Waals surface area contributed by atoms with Gasteiger partial charge in [0.2, 0.25) is 5.95 Å². The Labute approximate surface area is 113 Å². The quantitative estimate of drug-likeness (QED) is 0.770. The Morgan fingerprint density at radius 1 is 1.25 bits per heavy atom. The second kappa shape index (κ2) is 4.52. The monoisotopic (exact) mass is 275 g/mol. The van der Waals surface area contributed by atoms with E-state index in [0.29, 0.717) is 5.69 Å². The Balaban J connectivity index is 1.90. The van der Waals surface area contributed by atoms with Crippen molar-refractivity contribution < 1.29 is 8.78 Å². The van der Waals surface area contributed by atoms with Gasteiger partial charge >= 0.3 is 0 Å². The van der Waals surface area contributed by atoms with Crippen molar-refractivity contribution in [2.24, 2.45) is 0 Å². The van der Waals surface area contributed by atoms with Crippen LogP contribution in [0, 0.1) is 0 Å². The van der Waals surface area contributed by atoms with Gasteiger partial charge in [0.15, 0.2) is 0 Å². The summed E-state index contributed by atoms with van der Waals surface area (Å²) in [5.41, 5.74) is 1.28. The number of halogens is 2. The second-order valence-electron chi connectivity index (χ2n) is 4.45. The molecule has 2 N–H and O–H groups in total. The summed E-state index contributed by atoms with van der Waals surface area (Å²) in [6.45, 7) is 0.802. The Morgan fingerprint density at radius 3 is 2.90 bits per heavy atom. The van der Waals surface area contributed by atoms with Crippen LogP contribution in [0.2, 0.25) is 0 Å². The third kappa shape index (κ3) is 2.42. The molecule has 0 saturated heterocycles. The lowest BCUT2D eigenvalue weighted by Crippen LogP contribution is -2.11. The predicted molar refractivity (Wildman–Crippen MR) is 71.0 cm³/mol. The van der Waals surface area contributed by atoms with Crippen molar-refractivity contribution in [3.63, 3.8) is 0 Å². The highest BCUT2D eigenvalue weighted by molar-refractivity contribution is 5.82. The third-order valence-corrected chi connectivity index (χ3v) is 2.80. The molecule has 20 heavy (non-hydrogen) atoms. The maximum Gasteiger partial charge on any atom is 0.287 e. The zero-order valence-corrected chi connectivity index (χ0v) is 10.6. The molecule has 3 aromatic rings. The van der Waals surface area contributed by atoms with E-state index in [1.807, 2.05) is 12.1 Å². The fraction of sp³-hybridized carbons (Fsp3) is 0.154. The molecule has 7 heteroatoms. The molecule has 102 valence electrons. The topological polar surface area (TPSA) is 66.5 Å². The highest BCUT2D eigenvalue weighted by Crippen LogP contribution is 2.26. The largest absolute Gasteiger partial charge is 0.324 e. The first-order valence-electron chi connectivity index (χ1n) is 5.94. The van der Waals surface area contributed by atoms with Crippen LogP contribution < -0.4 is 5.32 Å². The fourth-order valence-corrected chi connectivity index (χ4v) is 1.81. The van der Waals surface area contributed by atoms with Crippen LogP contribution in [0.4, 0.5) is 20.4 Å². The summed E-state index contributed by atoms with van der Waals surface area (Å²) < 4.78 is 26.4. The number of hydrogen-bond donors (Lipinski definition) is 2. The molecule has 1 aromatic carbocycles. The van der Waals surface area contributed by atoms with Crippen LogP contribution in [-0.4, -0.2) is 20.2 Å². The predicted octanol–water partition coefficient (Wildman–Crippen LogP) is 3.21. The van der Waals surface area contributed by atoms with Crippen LogP contribution in [0.1, 0.15) is 12.6 Å². The van der Waals surface area contributed by atoms with Crippen molar-refractivity contribution in [1.29, 1.82) is 0 Å². The van der Waals surface area contributed by atoms with Gasteiger partial charge in [-0.25, -0.2) is 9.97 Å². The number of rotatable bonds is 3. The minimum Gasteiger partial charge on any atom is -0.324 e. The Morgan fingerprint density at radius 2 is 2.10 bits per heavy atom. The molecule has 2 heterocycles. The molecule has 0 spiro atoms. The van der Waals surface area contributed by atoms with Crippen LogP contribution in [0.15, 0.2) is 36.7 Å². The van der Waals surface area contributed by atoms with Crippen molar-refractivity contribution in [1.82, 2.24) is 20.2 Å². The van der Waals surface area contributed by atoms with Gasteiger partial charge in [-0.15, -0.1) is 0 Å². The number of hydrogen-bond acceptors (Lipinski definition) is 4. The molecule has 0 fully saturated rings. The Hall–Kier alpha value is -2.57. The van der Waals surface area contributed by atoms with Crippen LogP contribution in [0.5, 0.6) is 0 Å². The summed E-state index contributed by atoms with van der Waals surface area (Å²) in [6, 6.07) is 6.66. The summed E-state index contributed by atoms with van der Waals surface area (Å²) in [5, 5.41) is 10.6. The molecule has 0 aliphatic heterocycles. The molecule has 0 unspecified atom stereocenters. The third-order valence-electron chi connectivity index (χ3n) is 2.80. The minimum atomic E-state index is -2.99. The lowest BCUT2D eigenvalue weighted by atomic mass is 10.2. The molecule has 0 atom stereocenters. The molecule has 3 rings (SSSR count). The van der Waals surface area contributed by atoms with E-state index >= 15 is 0 Å². The number of aromatic amines is 1. The zero-order valence-electron chi connectivity index (χ0n) is 10.6. The van der Waals surface area contributed by atoms with Crippen molar-refractivity contribution in [3.05, 3.63) is 42.4 Å². The smallest absolute Gasteiger partial charge is 0.287 e. The first kappa shape index (κ1) is 12.5. The highest BCUT2D eigenvalue weighted by Gasteiger charge is 2.26. The lowest BCUT2D eigenvalue weighted by molar-refractivity contribution is 0.0128. The molecule has 0 bridgehead atoms. The average molecular weight is 275 g/mol. The summed E-state index contributed by atoms with van der Waals surface area (Å²) in [7, 11) is 0. The summed E-state index contributed by atoms with van der Waals surface area (Å²) >= 11 is 0. The first-order valence-corrected chi connectivity index (χ1v) is 5.94. The van der Waals surface area contributed by atoms with Crippen molar-refractivity contribution in [2.75, 3.05) is 5.32 Å². The number of benzene rings is 1. The van der Waals surface area contributed by atoms with E-state index in [0.717, 1.165) is 17.8 Å². The van der Waals surface area contributed by atoms with Crippen molar-refractivity contribution >= 4 is 22.5 Å². The number of nitrogens with zero attached hydrogens (tertiary/aromatic N) is 3. The lowest BCUT2D eigenvalue weighted by Gasteiger charge is -2.11. The van der Waals surface area contributed by atoms with Gasteiger partial charge in [-0.3, -0.25) is 5.10 Å². The van der Waals surface area contributed by atoms with Crippen LogP contribution in [-0.2, 0) is 5.92 Å². The van der Waals surface area contributed by atoms with E-state index in [9.17, 15) is 8.78 Å². The number of anilines is 2. The van der Waals surface area contributed by atoms with E-state index in [1.165, 1.54) is 12.3 Å². The Kier molecular flexibility index (Phi) is 2.81. The molecular weight excluding hydrogens is 264 g/mol. The van der Waals surface area contributed by atoms with Crippen LogP contribution >= 0.6 is 0 Å². The molecule has 5 nitrogen and oxygen atoms in total. The van der Waals surface area contributed by atoms with Crippen LogP contribution in [0.3, 0.4) is 0 Å². The molecule has 2 aromatic heterocycles. The first-order chi connectivity index (χ1) is 9.52. The van der Waals surface area contributed by atoms with Gasteiger partial charge in [0, 0.05) is 24.2 Å². The van der Waals surface area contributed by atoms with Gasteiger partial charge in [-0.1, -0.05) is 0 Å². The molecule has 0 radical (unpaired) electrons. The SMILES string of the molecule is CC(F)(F)c1ccnc(Nc2ccc3[nH]ncc3c2)n1. The number of H-pyrrole nitrogens is 1. The molecule has 0 aliphatic rings. The number of nitrogens with one attached hydrogen (secondary N) is 2. The van der Waals surface area contributed by atoms with Gasteiger partial charge in [0.05, 0.1) is 11.7 Å². The molecule has 0 saturated carbocycles. The highest BCUT2D eigenvalue weighted by atomic mass is 19.3. The normalized spacial score (nSPS) is 11.8. The number of fused-ring (bicyclic) bond motifs is 1. The van der Waals surface area contributed by atoms with Gasteiger partial charge in [0.1, 0.15) is 5.69 Å². The summed E-state index contributed by atoms with van der Waals surface area (Å²) in [6.07, 6.45) is 2.98. The molecule has 0 aliphatic carbocycles. The van der Waals surface area contributed by atoms with Gasteiger partial charge < -0.3 is 5.32 Å². The van der Waals surface area contributed by atoms with E-state index in [4.69, 9.17) is 0 Å². The zero-order chi connectivity index (χ0) is 14.2. The fourth-order valence-electron chi connectivity index (χ4n) is 1.81. The molecule has 0 amide bonds. The standard InChI is InChI=1S/C13H11F2N5/c1-13(14,15)11-4-5-16-12(19-11)18-9-2-3-10-8(6-9)7-17-20-10/h2-7H,1H3,(H,17,20)(H,16,18,19). The minimum absolute atomic E-state index is 0.131. The van der Waals surface area contributed by atoms with Gasteiger partial charge in [0.25, 0.3) is 5.92 Å². The number of aromatic nitrogens is 4. The van der Waals surface area contributed by atoms with E-state index in [1.54, 1.807) is 12.3 Å². The molecular formula is C13H11F2N5. The summed E-state index contributed by atoms with van der Waals surface area (Å²) in [4.78, 5) is 7.75. The van der Waals surface area contributed by atoms with E-state index in [-0.39, 0.29) is 11.6 Å². The van der Waals surface area contributed by atoms with E-state index in [2.05, 4.69) is 25.5 Å². The number of alkyl halides is 2. The van der Waals surface area contributed by atoms with Crippen molar-refractivity contribution in [2.45, 2.75) is 12.8 Å². The van der Waals surface area contributed by atoms with E-state index < -0.39 is 5.92 Å². The Bertz CT molecular complexity index is 748. The van der Waals surface area contributed by atoms with Gasteiger partial charge in [-0.2, -0.15) is 13.9 Å². The summed E-state index contributed by atoms with van der Waals surface area (Å²) in [5.74, 6) is -2.86. The average Bonchev–Trinajstić information content (AvgIpc) is 2.85. The maximum atomic E-state index is 13.2.